The topological polar surface area (TPSA) is 96.5 Å². The van der Waals surface area contributed by atoms with Gasteiger partial charge >= 0.3 is 12.1 Å². The van der Waals surface area contributed by atoms with E-state index in [1.165, 1.54) is 12.2 Å². The molecule has 2 atom stereocenters. The van der Waals surface area contributed by atoms with Crippen LogP contribution in [0.15, 0.2) is 24.3 Å². The summed E-state index contributed by atoms with van der Waals surface area (Å²) in [5.41, 5.74) is -1.70. The fourth-order valence-electron chi connectivity index (χ4n) is 2.48. The minimum absolute atomic E-state index is 0.349. The second-order valence-electron chi connectivity index (χ2n) is 7.27. The van der Waals surface area contributed by atoms with Crippen molar-refractivity contribution in [3.05, 3.63) is 24.3 Å². The zero-order valence-corrected chi connectivity index (χ0v) is 16.2. The van der Waals surface area contributed by atoms with Crippen LogP contribution in [0.5, 0.6) is 5.75 Å². The second kappa shape index (κ2) is 8.07. The summed E-state index contributed by atoms with van der Waals surface area (Å²) in [6.45, 7) is 1.52. The molecule has 1 heterocycles. The van der Waals surface area contributed by atoms with Crippen LogP contribution in [-0.4, -0.2) is 48.5 Å². The van der Waals surface area contributed by atoms with Crippen molar-refractivity contribution in [2.75, 3.05) is 11.9 Å². The third-order valence-corrected chi connectivity index (χ3v) is 4.52. The number of nitrogens with one attached hydrogen (secondary N) is 3. The first kappa shape index (κ1) is 23.4. The van der Waals surface area contributed by atoms with Crippen molar-refractivity contribution in [3.63, 3.8) is 0 Å². The maximum atomic E-state index is 13.0. The van der Waals surface area contributed by atoms with Crippen LogP contribution in [-0.2, 0) is 14.4 Å². The summed E-state index contributed by atoms with van der Waals surface area (Å²) in [5, 5.41) is 6.28. The molecule has 2 rings (SSSR count). The van der Waals surface area contributed by atoms with Gasteiger partial charge < -0.3 is 20.7 Å². The van der Waals surface area contributed by atoms with E-state index < -0.39 is 53.9 Å². The third-order valence-electron chi connectivity index (χ3n) is 4.52. The minimum Gasteiger partial charge on any atom is -0.486 e. The lowest BCUT2D eigenvalue weighted by molar-refractivity contribution is -0.278. The predicted molar refractivity (Wildman–Crippen MR) is 94.9 cm³/mol. The molecule has 0 spiro atoms. The summed E-state index contributed by atoms with van der Waals surface area (Å²) in [6.07, 6.45) is -6.72. The Labute approximate surface area is 168 Å². The number of hydrogen-bond acceptors (Lipinski definition) is 4. The van der Waals surface area contributed by atoms with Crippen LogP contribution in [0.1, 0.15) is 20.8 Å². The largest absolute Gasteiger partial charge is 0.486 e. The third kappa shape index (κ3) is 4.79. The number of amides is 3. The lowest BCUT2D eigenvalue weighted by Gasteiger charge is -2.28. The fraction of sp³-hybridized carbons (Fsp3) is 0.500. The Morgan fingerprint density at radius 1 is 1.10 bits per heavy atom. The van der Waals surface area contributed by atoms with Crippen LogP contribution in [0.4, 0.5) is 27.6 Å². The summed E-state index contributed by atoms with van der Waals surface area (Å²) < 4.78 is 68.4. The van der Waals surface area contributed by atoms with Gasteiger partial charge in [-0.05, 0) is 32.9 Å². The Hall–Kier alpha value is -2.92. The number of carbonyl (C=O) groups is 3. The summed E-state index contributed by atoms with van der Waals surface area (Å²) in [7, 11) is 0. The van der Waals surface area contributed by atoms with Crippen LogP contribution >= 0.6 is 0 Å². The molecule has 1 aliphatic rings. The first-order valence-electron chi connectivity index (χ1n) is 8.77. The molecule has 0 aromatic heterocycles. The SMILES string of the molecule is C[C@H]1Oc2ccccc2NC(=O)[C@H]1NC(=O)C(C)(C)C(=O)NCC(F)(F)C(F)(F)F. The lowest BCUT2D eigenvalue weighted by atomic mass is 9.90. The van der Waals surface area contributed by atoms with E-state index in [1.54, 1.807) is 24.3 Å². The number of ether oxygens (including phenoxy) is 1. The zero-order chi connectivity index (χ0) is 22.9. The van der Waals surface area contributed by atoms with Crippen molar-refractivity contribution in [1.82, 2.24) is 10.6 Å². The summed E-state index contributed by atoms with van der Waals surface area (Å²) in [5.74, 6) is -7.89. The molecular formula is C18H20F5N3O4. The number of hydrogen-bond donors (Lipinski definition) is 3. The summed E-state index contributed by atoms with van der Waals surface area (Å²) in [4.78, 5) is 37.1. The smallest absolute Gasteiger partial charge is 0.455 e. The molecule has 1 aliphatic heterocycles. The van der Waals surface area contributed by atoms with Crippen molar-refractivity contribution in [2.45, 2.75) is 45.0 Å². The summed E-state index contributed by atoms with van der Waals surface area (Å²) in [6, 6.07) is 5.22. The van der Waals surface area contributed by atoms with Crippen LogP contribution in [0, 0.1) is 5.41 Å². The number of para-hydroxylation sites is 2. The first-order valence-corrected chi connectivity index (χ1v) is 8.77. The van der Waals surface area contributed by atoms with E-state index in [9.17, 15) is 36.3 Å². The van der Waals surface area contributed by atoms with E-state index in [0.717, 1.165) is 13.8 Å². The van der Waals surface area contributed by atoms with Gasteiger partial charge in [0.2, 0.25) is 11.8 Å². The van der Waals surface area contributed by atoms with Gasteiger partial charge in [0.05, 0.1) is 12.2 Å². The Balaban J connectivity index is 2.08. The van der Waals surface area contributed by atoms with Gasteiger partial charge in [0.25, 0.3) is 5.91 Å². The van der Waals surface area contributed by atoms with Gasteiger partial charge in [-0.15, -0.1) is 0 Å². The standard InChI is InChI=1S/C18H20F5N3O4/c1-9-12(13(27)25-10-6-4-5-7-11(10)30-9)26-15(29)16(2,3)14(28)24-8-17(19,20)18(21,22)23/h4-7,9,12H,8H2,1-3H3,(H,24,28)(H,25,27)(H,26,29)/t9-,12+/m1/s1. The van der Waals surface area contributed by atoms with Crippen molar-refractivity contribution in [3.8, 4) is 5.75 Å². The second-order valence-corrected chi connectivity index (χ2v) is 7.27. The van der Waals surface area contributed by atoms with Crippen LogP contribution < -0.4 is 20.7 Å². The van der Waals surface area contributed by atoms with Gasteiger partial charge in [0.15, 0.2) is 0 Å². The zero-order valence-electron chi connectivity index (χ0n) is 16.2. The number of halogens is 5. The molecule has 0 saturated heterocycles. The maximum absolute atomic E-state index is 13.0. The molecule has 1 aromatic carbocycles. The van der Waals surface area contributed by atoms with E-state index in [2.05, 4.69) is 10.6 Å². The van der Waals surface area contributed by atoms with Crippen LogP contribution in [0.2, 0.25) is 0 Å². The first-order chi connectivity index (χ1) is 13.7. The van der Waals surface area contributed by atoms with Gasteiger partial charge in [-0.1, -0.05) is 12.1 Å². The van der Waals surface area contributed by atoms with E-state index >= 15 is 0 Å². The molecule has 0 aliphatic carbocycles. The minimum atomic E-state index is -5.85. The molecule has 0 fully saturated rings. The average Bonchev–Trinajstić information content (AvgIpc) is 2.75. The molecule has 0 radical (unpaired) electrons. The fourth-order valence-corrected chi connectivity index (χ4v) is 2.48. The Kier molecular flexibility index (Phi) is 6.29. The number of fused-ring (bicyclic) bond motifs is 1. The highest BCUT2D eigenvalue weighted by molar-refractivity contribution is 6.06. The molecule has 166 valence electrons. The normalized spacial score (nSPS) is 19.7. The van der Waals surface area contributed by atoms with Crippen molar-refractivity contribution >= 4 is 23.4 Å². The molecule has 7 nitrogen and oxygen atoms in total. The van der Waals surface area contributed by atoms with Gasteiger partial charge in [-0.3, -0.25) is 14.4 Å². The van der Waals surface area contributed by atoms with Gasteiger partial charge in [0, 0.05) is 0 Å². The molecule has 30 heavy (non-hydrogen) atoms. The Morgan fingerprint density at radius 2 is 1.70 bits per heavy atom. The molecule has 12 heteroatoms. The number of alkyl halides is 5. The van der Waals surface area contributed by atoms with Crippen molar-refractivity contribution < 1.29 is 41.1 Å². The van der Waals surface area contributed by atoms with Crippen LogP contribution in [0.3, 0.4) is 0 Å². The number of anilines is 1. The number of benzene rings is 1. The number of carbonyl (C=O) groups excluding carboxylic acids is 3. The molecule has 3 N–H and O–H groups in total. The Bertz CT molecular complexity index is 841. The van der Waals surface area contributed by atoms with Gasteiger partial charge in [0.1, 0.15) is 23.3 Å². The molecule has 1 aromatic rings. The molecular weight excluding hydrogens is 417 g/mol. The van der Waals surface area contributed by atoms with Crippen LogP contribution in [0.25, 0.3) is 0 Å². The monoisotopic (exact) mass is 437 g/mol. The van der Waals surface area contributed by atoms with E-state index in [4.69, 9.17) is 4.74 Å². The molecule has 0 unspecified atom stereocenters. The van der Waals surface area contributed by atoms with Crippen molar-refractivity contribution in [2.24, 2.45) is 5.41 Å². The molecule has 0 saturated carbocycles. The van der Waals surface area contributed by atoms with Crippen molar-refractivity contribution in [1.29, 1.82) is 0 Å². The maximum Gasteiger partial charge on any atom is 0.455 e. The molecule has 0 bridgehead atoms. The van der Waals surface area contributed by atoms with Gasteiger partial charge in [-0.2, -0.15) is 22.0 Å². The quantitative estimate of drug-likeness (QED) is 0.486. The highest BCUT2D eigenvalue weighted by Gasteiger charge is 2.57. The molecule has 3 amide bonds. The Morgan fingerprint density at radius 3 is 2.30 bits per heavy atom. The predicted octanol–water partition coefficient (Wildman–Crippen LogP) is 2.23. The highest BCUT2D eigenvalue weighted by atomic mass is 19.4. The average molecular weight is 437 g/mol. The summed E-state index contributed by atoms with van der Waals surface area (Å²) >= 11 is 0. The van der Waals surface area contributed by atoms with E-state index in [0.29, 0.717) is 11.4 Å². The van der Waals surface area contributed by atoms with E-state index in [1.807, 2.05) is 0 Å². The van der Waals surface area contributed by atoms with E-state index in [-0.39, 0.29) is 0 Å². The highest BCUT2D eigenvalue weighted by Crippen LogP contribution is 2.35. The number of rotatable bonds is 5. The van der Waals surface area contributed by atoms with Gasteiger partial charge in [-0.25, -0.2) is 0 Å². The lowest BCUT2D eigenvalue weighted by Crippen LogP contribution is -2.58.